The Hall–Kier alpha value is -2.02. The summed E-state index contributed by atoms with van der Waals surface area (Å²) in [5.74, 6) is -0.174. The minimum atomic E-state index is -0.174. The fourth-order valence-electron chi connectivity index (χ4n) is 1.88. The molecule has 0 aliphatic heterocycles. The molecule has 0 spiro atoms. The number of hydrogen-bond donors (Lipinski definition) is 1. The molecule has 0 aliphatic rings. The van der Waals surface area contributed by atoms with Gasteiger partial charge in [-0.05, 0) is 35.4 Å². The third-order valence-corrected chi connectivity index (χ3v) is 3.65. The molecule has 3 nitrogen and oxygen atoms in total. The molecule has 21 heavy (non-hydrogen) atoms. The number of halogens is 2. The standard InChI is InChI=1S/C16H12Cl2N2O/c17-14-5-2-6-15(18)13(14)8-16(21)20-10-12-4-1-3-11(7-12)9-19/h1-7H,8,10H2,(H,20,21). The van der Waals surface area contributed by atoms with E-state index in [2.05, 4.69) is 11.4 Å². The van der Waals surface area contributed by atoms with Gasteiger partial charge in [0, 0.05) is 16.6 Å². The molecule has 2 aromatic rings. The second kappa shape index (κ2) is 7.12. The van der Waals surface area contributed by atoms with Crippen LogP contribution in [0.15, 0.2) is 42.5 Å². The SMILES string of the molecule is N#Cc1cccc(CNC(=O)Cc2c(Cl)cccc2Cl)c1. The van der Waals surface area contributed by atoms with E-state index in [0.29, 0.717) is 27.7 Å². The van der Waals surface area contributed by atoms with Gasteiger partial charge in [0.15, 0.2) is 0 Å². The first-order valence-corrected chi connectivity index (χ1v) is 7.04. The Morgan fingerprint density at radius 3 is 2.48 bits per heavy atom. The largest absolute Gasteiger partial charge is 0.352 e. The van der Waals surface area contributed by atoms with Crippen molar-refractivity contribution in [3.05, 3.63) is 69.2 Å². The lowest BCUT2D eigenvalue weighted by atomic mass is 10.1. The van der Waals surface area contributed by atoms with Crippen molar-refractivity contribution in [2.24, 2.45) is 0 Å². The Morgan fingerprint density at radius 2 is 1.81 bits per heavy atom. The molecule has 1 amide bonds. The van der Waals surface area contributed by atoms with Crippen molar-refractivity contribution in [1.29, 1.82) is 5.26 Å². The third kappa shape index (κ3) is 4.22. The van der Waals surface area contributed by atoms with Gasteiger partial charge >= 0.3 is 0 Å². The molecule has 0 atom stereocenters. The average Bonchev–Trinajstić information content (AvgIpc) is 2.49. The zero-order valence-electron chi connectivity index (χ0n) is 11.1. The molecule has 106 valence electrons. The maximum Gasteiger partial charge on any atom is 0.224 e. The van der Waals surface area contributed by atoms with Crippen LogP contribution in [0, 0.1) is 11.3 Å². The molecular formula is C16H12Cl2N2O. The molecule has 0 fully saturated rings. The van der Waals surface area contributed by atoms with Gasteiger partial charge in [-0.3, -0.25) is 4.79 Å². The molecule has 0 unspecified atom stereocenters. The Labute approximate surface area is 133 Å². The zero-order valence-corrected chi connectivity index (χ0v) is 12.6. The van der Waals surface area contributed by atoms with E-state index in [1.807, 2.05) is 6.07 Å². The van der Waals surface area contributed by atoms with Gasteiger partial charge in [-0.25, -0.2) is 0 Å². The highest BCUT2D eigenvalue weighted by Gasteiger charge is 2.10. The van der Waals surface area contributed by atoms with E-state index in [1.165, 1.54) is 0 Å². The summed E-state index contributed by atoms with van der Waals surface area (Å²) in [7, 11) is 0. The van der Waals surface area contributed by atoms with Gasteiger partial charge in [0.25, 0.3) is 0 Å². The van der Waals surface area contributed by atoms with Gasteiger partial charge < -0.3 is 5.32 Å². The van der Waals surface area contributed by atoms with Crippen LogP contribution in [0.2, 0.25) is 10.0 Å². The lowest BCUT2D eigenvalue weighted by Gasteiger charge is -2.08. The Bertz CT molecular complexity index is 687. The van der Waals surface area contributed by atoms with Crippen LogP contribution in [-0.4, -0.2) is 5.91 Å². The van der Waals surface area contributed by atoms with E-state index in [-0.39, 0.29) is 12.3 Å². The molecule has 1 N–H and O–H groups in total. The Morgan fingerprint density at radius 1 is 1.14 bits per heavy atom. The average molecular weight is 319 g/mol. The first-order chi connectivity index (χ1) is 10.1. The van der Waals surface area contributed by atoms with Crippen molar-refractivity contribution in [3.8, 4) is 6.07 Å². The van der Waals surface area contributed by atoms with E-state index in [1.54, 1.807) is 36.4 Å². The van der Waals surface area contributed by atoms with Crippen molar-refractivity contribution in [2.45, 2.75) is 13.0 Å². The van der Waals surface area contributed by atoms with Crippen LogP contribution in [0.1, 0.15) is 16.7 Å². The Balaban J connectivity index is 1.98. The van der Waals surface area contributed by atoms with Crippen molar-refractivity contribution in [1.82, 2.24) is 5.32 Å². The van der Waals surface area contributed by atoms with E-state index in [0.717, 1.165) is 5.56 Å². The predicted molar refractivity (Wildman–Crippen MR) is 83.2 cm³/mol. The minimum Gasteiger partial charge on any atom is -0.352 e. The normalized spacial score (nSPS) is 9.95. The number of nitrogens with one attached hydrogen (secondary N) is 1. The molecule has 0 heterocycles. The smallest absolute Gasteiger partial charge is 0.224 e. The summed E-state index contributed by atoms with van der Waals surface area (Å²) in [6, 6.07) is 14.3. The predicted octanol–water partition coefficient (Wildman–Crippen LogP) is 3.72. The van der Waals surface area contributed by atoms with Crippen LogP contribution in [0.3, 0.4) is 0 Å². The van der Waals surface area contributed by atoms with E-state index >= 15 is 0 Å². The second-order valence-corrected chi connectivity index (χ2v) is 5.28. The molecular weight excluding hydrogens is 307 g/mol. The summed E-state index contributed by atoms with van der Waals surface area (Å²) < 4.78 is 0. The molecule has 2 rings (SSSR count). The first-order valence-electron chi connectivity index (χ1n) is 6.29. The molecule has 0 aliphatic carbocycles. The van der Waals surface area contributed by atoms with Crippen LogP contribution < -0.4 is 5.32 Å². The van der Waals surface area contributed by atoms with Crippen LogP contribution in [0.5, 0.6) is 0 Å². The highest BCUT2D eigenvalue weighted by atomic mass is 35.5. The van der Waals surface area contributed by atoms with Gasteiger partial charge in [0.1, 0.15) is 0 Å². The van der Waals surface area contributed by atoms with Crippen LogP contribution in [0.4, 0.5) is 0 Å². The Kier molecular flexibility index (Phi) is 5.21. The first kappa shape index (κ1) is 15.4. The highest BCUT2D eigenvalue weighted by Crippen LogP contribution is 2.24. The zero-order chi connectivity index (χ0) is 15.2. The third-order valence-electron chi connectivity index (χ3n) is 2.94. The second-order valence-electron chi connectivity index (χ2n) is 4.47. The molecule has 0 aromatic heterocycles. The van der Waals surface area contributed by atoms with Crippen LogP contribution >= 0.6 is 23.2 Å². The summed E-state index contributed by atoms with van der Waals surface area (Å²) >= 11 is 12.1. The van der Waals surface area contributed by atoms with E-state index in [9.17, 15) is 4.79 Å². The fraction of sp³-hybridized carbons (Fsp3) is 0.125. The maximum absolute atomic E-state index is 12.0. The summed E-state index contributed by atoms with van der Waals surface area (Å²) in [5, 5.41) is 12.6. The van der Waals surface area contributed by atoms with Crippen LogP contribution in [-0.2, 0) is 17.8 Å². The topological polar surface area (TPSA) is 52.9 Å². The summed E-state index contributed by atoms with van der Waals surface area (Å²) in [5.41, 5.74) is 2.05. The molecule has 0 saturated carbocycles. The molecule has 0 bridgehead atoms. The number of rotatable bonds is 4. The van der Waals surface area contributed by atoms with E-state index in [4.69, 9.17) is 28.5 Å². The van der Waals surface area contributed by atoms with Crippen LogP contribution in [0.25, 0.3) is 0 Å². The monoisotopic (exact) mass is 318 g/mol. The van der Waals surface area contributed by atoms with Gasteiger partial charge in [-0.1, -0.05) is 41.4 Å². The van der Waals surface area contributed by atoms with Crippen molar-refractivity contribution in [2.75, 3.05) is 0 Å². The number of nitriles is 1. The molecule has 0 saturated heterocycles. The van der Waals surface area contributed by atoms with Crippen molar-refractivity contribution in [3.63, 3.8) is 0 Å². The summed E-state index contributed by atoms with van der Waals surface area (Å²) in [6.07, 6.45) is 0.121. The fourth-order valence-corrected chi connectivity index (χ4v) is 2.41. The quantitative estimate of drug-likeness (QED) is 0.934. The molecule has 0 radical (unpaired) electrons. The van der Waals surface area contributed by atoms with Gasteiger partial charge in [0.05, 0.1) is 18.1 Å². The summed E-state index contributed by atoms with van der Waals surface area (Å²) in [6.45, 7) is 0.358. The number of amides is 1. The number of benzene rings is 2. The van der Waals surface area contributed by atoms with Gasteiger partial charge in [-0.15, -0.1) is 0 Å². The van der Waals surface area contributed by atoms with Crippen molar-refractivity contribution < 1.29 is 4.79 Å². The highest BCUT2D eigenvalue weighted by molar-refractivity contribution is 6.36. The number of hydrogen-bond acceptors (Lipinski definition) is 2. The lowest BCUT2D eigenvalue weighted by Crippen LogP contribution is -2.24. The molecule has 2 aromatic carbocycles. The minimum absolute atomic E-state index is 0.121. The van der Waals surface area contributed by atoms with E-state index < -0.39 is 0 Å². The van der Waals surface area contributed by atoms with Crippen molar-refractivity contribution >= 4 is 29.1 Å². The maximum atomic E-state index is 12.0. The number of carbonyl (C=O) groups excluding carboxylic acids is 1. The van der Waals surface area contributed by atoms with Gasteiger partial charge in [0.2, 0.25) is 5.91 Å². The number of carbonyl (C=O) groups is 1. The molecule has 5 heteroatoms. The summed E-state index contributed by atoms with van der Waals surface area (Å²) in [4.78, 5) is 12.0. The lowest BCUT2D eigenvalue weighted by molar-refractivity contribution is -0.120. The number of nitrogens with zero attached hydrogens (tertiary/aromatic N) is 1. The van der Waals surface area contributed by atoms with Gasteiger partial charge in [-0.2, -0.15) is 5.26 Å².